The Morgan fingerprint density at radius 2 is 0.551 bits per heavy atom. The van der Waals surface area contributed by atoms with Crippen LogP contribution < -0.4 is 9.80 Å². The molecule has 0 unspecified atom stereocenters. The van der Waals surface area contributed by atoms with Gasteiger partial charge in [0.25, 0.3) is 0 Å². The van der Waals surface area contributed by atoms with Crippen molar-refractivity contribution in [1.82, 2.24) is 0 Å². The molecule has 5 aliphatic rings. The zero-order valence-corrected chi connectivity index (χ0v) is 40.1. The van der Waals surface area contributed by atoms with Gasteiger partial charge in [-0.15, -0.1) is 0 Å². The molecule has 10 aromatic carbocycles. The normalized spacial score (nSPS) is 16.4. The molecule has 0 amide bonds. The molecule has 3 aliphatic carbocycles. The van der Waals surface area contributed by atoms with Crippen LogP contribution in [-0.4, -0.2) is 0 Å². The lowest BCUT2D eigenvalue weighted by atomic mass is 9.78. The highest BCUT2D eigenvalue weighted by Gasteiger charge is 2.46. The molecule has 0 N–H and O–H groups in total. The van der Waals surface area contributed by atoms with Gasteiger partial charge in [-0.3, -0.25) is 0 Å². The van der Waals surface area contributed by atoms with E-state index in [0.717, 1.165) is 12.8 Å². The van der Waals surface area contributed by atoms with E-state index < -0.39 is 0 Å². The second-order valence-corrected chi connectivity index (χ2v) is 22.0. The Labute approximate surface area is 405 Å². The second kappa shape index (κ2) is 13.3. The lowest BCUT2D eigenvalue weighted by molar-refractivity contribution is 0.649. The molecule has 2 aliphatic heterocycles. The van der Waals surface area contributed by atoms with Gasteiger partial charge in [-0.25, -0.2) is 0 Å². The summed E-state index contributed by atoms with van der Waals surface area (Å²) < 4.78 is 0. The summed E-state index contributed by atoms with van der Waals surface area (Å²) in [7, 11) is 0. The van der Waals surface area contributed by atoms with Gasteiger partial charge >= 0.3 is 0 Å². The highest BCUT2D eigenvalue weighted by atomic mass is 15.2. The van der Waals surface area contributed by atoms with Crippen LogP contribution in [0.1, 0.15) is 97.2 Å². The van der Waals surface area contributed by atoms with Crippen molar-refractivity contribution in [1.29, 1.82) is 0 Å². The first-order valence-corrected chi connectivity index (χ1v) is 24.9. The van der Waals surface area contributed by atoms with E-state index in [9.17, 15) is 0 Å². The van der Waals surface area contributed by atoms with Gasteiger partial charge in [-0.2, -0.15) is 0 Å². The van der Waals surface area contributed by atoms with Crippen LogP contribution in [0.2, 0.25) is 0 Å². The van der Waals surface area contributed by atoms with E-state index in [4.69, 9.17) is 0 Å². The number of benzene rings is 10. The minimum atomic E-state index is -0.229. The van der Waals surface area contributed by atoms with Crippen LogP contribution >= 0.6 is 0 Å². The minimum Gasteiger partial charge on any atom is -0.309 e. The smallest absolute Gasteiger partial charge is 0.0543 e. The fraction of sp³-hybridized carbons (Fsp3) is 0.164. The monoisotopic (exact) mass is 884 g/mol. The lowest BCUT2D eigenvalue weighted by Crippen LogP contribution is -2.20. The van der Waals surface area contributed by atoms with E-state index in [-0.39, 0.29) is 16.2 Å². The third-order valence-corrected chi connectivity index (χ3v) is 17.4. The summed E-state index contributed by atoms with van der Waals surface area (Å²) >= 11 is 0. The maximum Gasteiger partial charge on any atom is 0.0543 e. The zero-order chi connectivity index (χ0) is 46.3. The Morgan fingerprint density at radius 1 is 0.275 bits per heavy atom. The first-order chi connectivity index (χ1) is 33.5. The number of para-hydroxylation sites is 4. The molecule has 2 heteroatoms. The number of nitrogens with zero attached hydrogens (tertiary/aromatic N) is 2. The molecule has 330 valence electrons. The van der Waals surface area contributed by atoms with Crippen LogP contribution in [0.5, 0.6) is 0 Å². The Hall–Kier alpha value is -7.68. The molecular formula is C67H52N2. The topological polar surface area (TPSA) is 6.48 Å². The van der Waals surface area contributed by atoms with Crippen LogP contribution in [0.3, 0.4) is 0 Å². The summed E-state index contributed by atoms with van der Waals surface area (Å²) in [6, 6.07) is 69.9. The molecule has 0 saturated carbocycles. The summed E-state index contributed by atoms with van der Waals surface area (Å²) in [6.45, 7) is 14.8. The highest BCUT2D eigenvalue weighted by Crippen LogP contribution is 2.63. The predicted octanol–water partition coefficient (Wildman–Crippen LogP) is 17.7. The van der Waals surface area contributed by atoms with Gasteiger partial charge in [0, 0.05) is 62.6 Å². The third kappa shape index (κ3) is 5.01. The number of hydrogen-bond donors (Lipinski definition) is 0. The van der Waals surface area contributed by atoms with E-state index in [0.29, 0.717) is 0 Å². The molecule has 0 aromatic heterocycles. The quantitative estimate of drug-likeness (QED) is 0.171. The summed E-state index contributed by atoms with van der Waals surface area (Å²) in [5.74, 6) is 0. The molecule has 0 saturated heterocycles. The summed E-state index contributed by atoms with van der Waals surface area (Å²) in [5.41, 5.74) is 29.2. The number of fused-ring (bicyclic) bond motifs is 17. The fourth-order valence-corrected chi connectivity index (χ4v) is 13.9. The summed E-state index contributed by atoms with van der Waals surface area (Å²) in [4.78, 5) is 5.10. The maximum atomic E-state index is 2.61. The SMILES string of the molecule is CC1(C)c2cc3c(cc2-c2cc4c(cc21)-c1c(cc(N2c5ccccc5Cc5ccccc52)c2ccccc12)C4(C)C)C(C)(C)c1cc(N2c4ccccc4Cc4ccccc42)c2ccccc2c1-3. The Bertz CT molecular complexity index is 3610. The van der Waals surface area contributed by atoms with Crippen molar-refractivity contribution >= 4 is 55.7 Å². The zero-order valence-electron chi connectivity index (χ0n) is 40.1. The molecule has 0 fully saturated rings. The molecule has 15 rings (SSSR count). The molecular weight excluding hydrogens is 833 g/mol. The number of anilines is 6. The van der Waals surface area contributed by atoms with Crippen molar-refractivity contribution in [2.24, 2.45) is 0 Å². The van der Waals surface area contributed by atoms with Crippen LogP contribution in [0.25, 0.3) is 54.9 Å². The van der Waals surface area contributed by atoms with E-state index in [1.54, 1.807) is 0 Å². The van der Waals surface area contributed by atoms with Gasteiger partial charge in [0.15, 0.2) is 0 Å². The van der Waals surface area contributed by atoms with Crippen LogP contribution in [0.4, 0.5) is 34.1 Å². The summed E-state index contributed by atoms with van der Waals surface area (Å²) in [5, 5.41) is 5.23. The van der Waals surface area contributed by atoms with Gasteiger partial charge in [-0.05, 0) is 160 Å². The largest absolute Gasteiger partial charge is 0.309 e. The summed E-state index contributed by atoms with van der Waals surface area (Å²) in [6.07, 6.45) is 1.89. The Morgan fingerprint density at radius 3 is 0.913 bits per heavy atom. The van der Waals surface area contributed by atoms with Crippen molar-refractivity contribution in [2.45, 2.75) is 70.6 Å². The van der Waals surface area contributed by atoms with Crippen molar-refractivity contribution in [2.75, 3.05) is 9.80 Å². The fourth-order valence-electron chi connectivity index (χ4n) is 13.9. The van der Waals surface area contributed by atoms with Crippen molar-refractivity contribution in [3.05, 3.63) is 238 Å². The van der Waals surface area contributed by atoms with Gasteiger partial charge < -0.3 is 9.80 Å². The van der Waals surface area contributed by atoms with E-state index >= 15 is 0 Å². The minimum absolute atomic E-state index is 0.206. The first-order valence-electron chi connectivity index (χ1n) is 24.9. The number of hydrogen-bond acceptors (Lipinski definition) is 2. The van der Waals surface area contributed by atoms with Gasteiger partial charge in [0.1, 0.15) is 0 Å². The highest BCUT2D eigenvalue weighted by molar-refractivity contribution is 6.13. The van der Waals surface area contributed by atoms with Gasteiger partial charge in [0.05, 0.1) is 11.4 Å². The molecule has 0 radical (unpaired) electrons. The van der Waals surface area contributed by atoms with E-state index in [1.165, 1.54) is 145 Å². The van der Waals surface area contributed by atoms with E-state index in [1.807, 2.05) is 0 Å². The average molecular weight is 885 g/mol. The average Bonchev–Trinajstić information content (AvgIpc) is 3.84. The molecule has 2 heterocycles. The Balaban J connectivity index is 0.909. The van der Waals surface area contributed by atoms with E-state index in [2.05, 4.69) is 233 Å². The predicted molar refractivity (Wildman–Crippen MR) is 289 cm³/mol. The van der Waals surface area contributed by atoms with Crippen molar-refractivity contribution in [3.63, 3.8) is 0 Å². The van der Waals surface area contributed by atoms with Crippen molar-refractivity contribution < 1.29 is 0 Å². The second-order valence-electron chi connectivity index (χ2n) is 22.0. The molecule has 10 aromatic rings. The van der Waals surface area contributed by atoms with Crippen LogP contribution in [0.15, 0.2) is 182 Å². The molecule has 69 heavy (non-hydrogen) atoms. The van der Waals surface area contributed by atoms with Gasteiger partial charge in [-0.1, -0.05) is 163 Å². The number of rotatable bonds is 2. The third-order valence-electron chi connectivity index (χ3n) is 17.4. The van der Waals surface area contributed by atoms with Crippen LogP contribution in [-0.2, 0) is 29.1 Å². The molecule has 0 atom stereocenters. The van der Waals surface area contributed by atoms with Crippen LogP contribution in [0, 0.1) is 0 Å². The van der Waals surface area contributed by atoms with Crippen molar-refractivity contribution in [3.8, 4) is 33.4 Å². The standard InChI is InChI=1S/C67H52N2/c1-65(2)51-35-49-53(66(3,4)55-37-61(43-23-11-13-25-45(43)63(49)55)68-57-27-15-7-19-39(57)31-40-20-8-16-28-58(40)68)33-47(51)48-34-54-50(36-52(48)65)64-46-26-14-12-24-44(46)62(38-56(64)67(54,5)6)69-59-29-17-9-21-41(59)32-42-22-10-18-30-60(42)69/h7-30,33-38H,31-32H2,1-6H3. The Kier molecular flexibility index (Phi) is 7.58. The molecule has 0 spiro atoms. The first kappa shape index (κ1) is 39.3. The molecule has 0 bridgehead atoms. The van der Waals surface area contributed by atoms with Gasteiger partial charge in [0.2, 0.25) is 0 Å². The lowest BCUT2D eigenvalue weighted by Gasteiger charge is -2.35. The molecule has 2 nitrogen and oxygen atoms in total. The maximum absolute atomic E-state index is 2.61.